The SMILES string of the molecule is C=C1C=C(C(=O)OC)CC(c2cc(F)cc(F)c2)(C(F)(F)F)O1. The summed E-state index contributed by atoms with van der Waals surface area (Å²) in [4.78, 5) is 11.6. The molecule has 0 saturated heterocycles. The van der Waals surface area contributed by atoms with E-state index in [-0.39, 0.29) is 5.57 Å². The lowest BCUT2D eigenvalue weighted by Crippen LogP contribution is -2.47. The minimum Gasteiger partial charge on any atom is -0.473 e. The first-order valence-electron chi connectivity index (χ1n) is 6.29. The van der Waals surface area contributed by atoms with E-state index in [9.17, 15) is 26.7 Å². The number of hydrogen-bond donors (Lipinski definition) is 0. The van der Waals surface area contributed by atoms with E-state index in [0.717, 1.165) is 13.2 Å². The van der Waals surface area contributed by atoms with Gasteiger partial charge in [0.15, 0.2) is 0 Å². The molecule has 0 saturated carbocycles. The number of carbonyl (C=O) groups is 1. The number of ether oxygens (including phenoxy) is 2. The molecule has 1 aliphatic heterocycles. The van der Waals surface area contributed by atoms with Gasteiger partial charge >= 0.3 is 12.1 Å². The van der Waals surface area contributed by atoms with Gasteiger partial charge in [0.25, 0.3) is 0 Å². The number of benzene rings is 1. The third-order valence-electron chi connectivity index (χ3n) is 3.31. The van der Waals surface area contributed by atoms with Gasteiger partial charge in [-0.15, -0.1) is 0 Å². The largest absolute Gasteiger partial charge is 0.473 e. The maximum atomic E-state index is 13.7. The van der Waals surface area contributed by atoms with Gasteiger partial charge in [-0.1, -0.05) is 6.58 Å². The minimum atomic E-state index is -5.07. The number of allylic oxidation sites excluding steroid dienone is 1. The number of alkyl halides is 3. The molecule has 1 aromatic rings. The van der Waals surface area contributed by atoms with Crippen LogP contribution in [0.3, 0.4) is 0 Å². The molecule has 1 unspecified atom stereocenters. The van der Waals surface area contributed by atoms with Crippen molar-refractivity contribution in [1.29, 1.82) is 0 Å². The fourth-order valence-electron chi connectivity index (χ4n) is 2.33. The topological polar surface area (TPSA) is 35.5 Å². The Morgan fingerprint density at radius 1 is 1.26 bits per heavy atom. The van der Waals surface area contributed by atoms with Crippen molar-refractivity contribution >= 4 is 5.97 Å². The second-order valence-corrected chi connectivity index (χ2v) is 4.89. The van der Waals surface area contributed by atoms with Gasteiger partial charge in [-0.05, 0) is 18.2 Å². The quantitative estimate of drug-likeness (QED) is 0.610. The van der Waals surface area contributed by atoms with Crippen LogP contribution >= 0.6 is 0 Å². The summed E-state index contributed by atoms with van der Waals surface area (Å²) in [5.74, 6) is -3.89. The van der Waals surface area contributed by atoms with E-state index in [4.69, 9.17) is 4.74 Å². The van der Waals surface area contributed by atoms with Crippen molar-refractivity contribution in [2.45, 2.75) is 18.2 Å². The lowest BCUT2D eigenvalue weighted by molar-refractivity contribution is -0.273. The summed E-state index contributed by atoms with van der Waals surface area (Å²) in [6, 6.07) is 1.44. The van der Waals surface area contributed by atoms with Gasteiger partial charge in [0, 0.05) is 23.6 Å². The van der Waals surface area contributed by atoms with Crippen molar-refractivity contribution in [3.8, 4) is 0 Å². The summed E-state index contributed by atoms with van der Waals surface area (Å²) >= 11 is 0. The summed E-state index contributed by atoms with van der Waals surface area (Å²) in [6.07, 6.45) is -5.07. The maximum absolute atomic E-state index is 13.7. The van der Waals surface area contributed by atoms with Crippen LogP contribution in [-0.2, 0) is 19.9 Å². The summed E-state index contributed by atoms with van der Waals surface area (Å²) in [7, 11) is 0.999. The van der Waals surface area contributed by atoms with E-state index in [1.165, 1.54) is 0 Å². The first kappa shape index (κ1) is 17.0. The molecule has 23 heavy (non-hydrogen) atoms. The van der Waals surface area contributed by atoms with Crippen molar-refractivity contribution in [2.75, 3.05) is 7.11 Å². The fourth-order valence-corrected chi connectivity index (χ4v) is 2.33. The molecule has 0 bridgehead atoms. The molecule has 0 radical (unpaired) electrons. The van der Waals surface area contributed by atoms with Gasteiger partial charge < -0.3 is 9.47 Å². The highest BCUT2D eigenvalue weighted by molar-refractivity contribution is 5.89. The molecule has 1 heterocycles. The molecule has 2 rings (SSSR count). The zero-order chi connectivity index (χ0) is 17.4. The minimum absolute atomic E-state index is 0.370. The van der Waals surface area contributed by atoms with Crippen LogP contribution in [0.5, 0.6) is 0 Å². The molecule has 0 spiro atoms. The van der Waals surface area contributed by atoms with Crippen LogP contribution in [0, 0.1) is 11.6 Å². The normalized spacial score (nSPS) is 21.5. The Hall–Kier alpha value is -2.38. The van der Waals surface area contributed by atoms with E-state index in [1.54, 1.807) is 0 Å². The molecule has 0 aliphatic carbocycles. The molecule has 1 aliphatic rings. The van der Waals surface area contributed by atoms with Crippen LogP contribution in [0.15, 0.2) is 42.2 Å². The van der Waals surface area contributed by atoms with Gasteiger partial charge in [0.05, 0.1) is 7.11 Å². The van der Waals surface area contributed by atoms with Gasteiger partial charge in [-0.2, -0.15) is 13.2 Å². The predicted octanol–water partition coefficient (Wildman–Crippen LogP) is 3.76. The molecule has 1 aromatic carbocycles. The second-order valence-electron chi connectivity index (χ2n) is 4.89. The van der Waals surface area contributed by atoms with Gasteiger partial charge in [-0.25, -0.2) is 13.6 Å². The molecule has 0 N–H and O–H groups in total. The Labute approximate surface area is 128 Å². The average molecular weight is 334 g/mol. The smallest absolute Gasteiger partial charge is 0.432 e. The monoisotopic (exact) mass is 334 g/mol. The first-order chi connectivity index (χ1) is 10.6. The summed E-state index contributed by atoms with van der Waals surface area (Å²) in [6.45, 7) is 3.27. The van der Waals surface area contributed by atoms with Crippen LogP contribution in [0.2, 0.25) is 0 Å². The van der Waals surface area contributed by atoms with Crippen LogP contribution in [0.25, 0.3) is 0 Å². The predicted molar refractivity (Wildman–Crippen MR) is 69.0 cm³/mol. The fraction of sp³-hybridized carbons (Fsp3) is 0.267. The van der Waals surface area contributed by atoms with Crippen LogP contribution in [0.4, 0.5) is 22.0 Å². The zero-order valence-electron chi connectivity index (χ0n) is 11.8. The van der Waals surface area contributed by atoms with Crippen molar-refractivity contribution in [2.24, 2.45) is 0 Å². The number of rotatable bonds is 2. The number of carbonyl (C=O) groups excluding carboxylic acids is 1. The van der Waals surface area contributed by atoms with Crippen molar-refractivity contribution in [3.63, 3.8) is 0 Å². The van der Waals surface area contributed by atoms with Gasteiger partial charge in [0.1, 0.15) is 17.4 Å². The Bertz CT molecular complexity index is 673. The first-order valence-corrected chi connectivity index (χ1v) is 6.29. The highest BCUT2D eigenvalue weighted by Crippen LogP contribution is 2.50. The Kier molecular flexibility index (Phi) is 4.19. The van der Waals surface area contributed by atoms with E-state index >= 15 is 0 Å². The number of methoxy groups -OCH3 is 1. The van der Waals surface area contributed by atoms with Crippen molar-refractivity contribution < 1.29 is 36.2 Å². The average Bonchev–Trinajstić information content (AvgIpc) is 2.43. The zero-order valence-corrected chi connectivity index (χ0v) is 11.8. The molecule has 124 valence electrons. The third kappa shape index (κ3) is 3.06. The Morgan fingerprint density at radius 2 is 1.83 bits per heavy atom. The molecule has 3 nitrogen and oxygen atoms in total. The lowest BCUT2D eigenvalue weighted by atomic mass is 9.84. The van der Waals surface area contributed by atoms with E-state index < -0.39 is 47.1 Å². The molecule has 1 atom stereocenters. The summed E-state index contributed by atoms with van der Waals surface area (Å²) in [5.41, 5.74) is -4.31. The molecule has 0 aromatic heterocycles. The summed E-state index contributed by atoms with van der Waals surface area (Å²) in [5, 5.41) is 0. The molecular formula is C15H11F5O3. The number of esters is 1. The van der Waals surface area contributed by atoms with Gasteiger partial charge in [-0.3, -0.25) is 0 Å². The Balaban J connectivity index is 2.65. The summed E-state index contributed by atoms with van der Waals surface area (Å²) < 4.78 is 77.0. The van der Waals surface area contributed by atoms with E-state index in [0.29, 0.717) is 18.2 Å². The van der Waals surface area contributed by atoms with Crippen LogP contribution in [0.1, 0.15) is 12.0 Å². The number of hydrogen-bond acceptors (Lipinski definition) is 3. The standard InChI is InChI=1S/C15H11F5O3/c1-8-3-9(13(21)22-2)7-14(23-8,15(18,19)20)10-4-11(16)6-12(17)5-10/h3-6H,1,7H2,2H3. The van der Waals surface area contributed by atoms with Crippen LogP contribution < -0.4 is 0 Å². The lowest BCUT2D eigenvalue weighted by Gasteiger charge is -2.39. The molecular weight excluding hydrogens is 323 g/mol. The van der Waals surface area contributed by atoms with E-state index in [1.807, 2.05) is 0 Å². The number of halogens is 5. The Morgan fingerprint density at radius 3 is 2.30 bits per heavy atom. The highest BCUT2D eigenvalue weighted by Gasteiger charge is 2.61. The molecule has 8 heteroatoms. The molecule has 0 amide bonds. The third-order valence-corrected chi connectivity index (χ3v) is 3.31. The molecule has 0 fully saturated rings. The highest BCUT2D eigenvalue weighted by atomic mass is 19.4. The van der Waals surface area contributed by atoms with Crippen molar-refractivity contribution in [1.82, 2.24) is 0 Å². The van der Waals surface area contributed by atoms with Gasteiger partial charge in [0.2, 0.25) is 5.60 Å². The maximum Gasteiger partial charge on any atom is 0.432 e. The second kappa shape index (κ2) is 5.68. The van der Waals surface area contributed by atoms with Crippen LogP contribution in [-0.4, -0.2) is 19.3 Å². The van der Waals surface area contributed by atoms with Crippen molar-refractivity contribution in [3.05, 3.63) is 59.4 Å². The van der Waals surface area contributed by atoms with E-state index in [2.05, 4.69) is 11.3 Å².